The Labute approximate surface area is 236 Å². The van der Waals surface area contributed by atoms with E-state index in [1.54, 1.807) is 22.8 Å². The lowest BCUT2D eigenvalue weighted by atomic mass is 9.86. The van der Waals surface area contributed by atoms with Crippen LogP contribution in [0.15, 0.2) is 30.3 Å². The number of ether oxygens (including phenoxy) is 1. The summed E-state index contributed by atoms with van der Waals surface area (Å²) < 4.78 is 29.5. The van der Waals surface area contributed by atoms with E-state index in [-0.39, 0.29) is 5.91 Å². The Bertz CT molecular complexity index is 1050. The molecule has 1 heterocycles. The summed E-state index contributed by atoms with van der Waals surface area (Å²) in [4.78, 5) is 16.3. The number of nitrogens with zero attached hydrogens (tertiary/aromatic N) is 2. The highest BCUT2D eigenvalue weighted by molar-refractivity contribution is 7.81. The number of methoxy groups -OCH3 is 1. The molecule has 2 aromatic rings. The number of benzene rings is 1. The Kier molecular flexibility index (Phi) is 11.4. The highest BCUT2D eigenvalue weighted by Crippen LogP contribution is 2.43. The number of carbonyl (C=O) groups is 1. The number of hydrogen-bond donors (Lipinski definition) is 1. The Morgan fingerprint density at radius 2 is 1.82 bits per heavy atom. The molecular formula is C30H46N2O4S2. The smallest absolute Gasteiger partial charge is 0.263 e. The molecule has 0 saturated heterocycles. The van der Waals surface area contributed by atoms with Crippen molar-refractivity contribution in [3.63, 3.8) is 0 Å². The van der Waals surface area contributed by atoms with Gasteiger partial charge < -0.3 is 9.64 Å². The quantitative estimate of drug-likeness (QED) is 0.276. The Morgan fingerprint density at radius 1 is 1.16 bits per heavy atom. The summed E-state index contributed by atoms with van der Waals surface area (Å²) in [5.41, 5.74) is 2.53. The molecule has 1 atom stereocenters. The van der Waals surface area contributed by atoms with Crippen molar-refractivity contribution in [3.05, 3.63) is 40.8 Å². The van der Waals surface area contributed by atoms with Gasteiger partial charge in [-0.2, -0.15) is 0 Å². The van der Waals surface area contributed by atoms with Crippen molar-refractivity contribution in [2.45, 2.75) is 91.6 Å². The van der Waals surface area contributed by atoms with Gasteiger partial charge in [0.25, 0.3) is 11.3 Å². The summed E-state index contributed by atoms with van der Waals surface area (Å²) in [5, 5.41) is 0.811. The minimum atomic E-state index is -2.14. The van der Waals surface area contributed by atoms with E-state index in [1.165, 1.54) is 24.1 Å². The normalized spacial score (nSPS) is 15.6. The third-order valence-corrected chi connectivity index (χ3v) is 9.37. The lowest BCUT2D eigenvalue weighted by Crippen LogP contribution is -2.42. The van der Waals surface area contributed by atoms with Crippen LogP contribution in [-0.2, 0) is 33.8 Å². The van der Waals surface area contributed by atoms with Gasteiger partial charge in [0.2, 0.25) is 5.91 Å². The second-order valence-corrected chi connectivity index (χ2v) is 13.9. The van der Waals surface area contributed by atoms with Gasteiger partial charge in [-0.15, -0.1) is 11.3 Å². The van der Waals surface area contributed by atoms with Crippen LogP contribution in [0.3, 0.4) is 0 Å². The molecule has 0 aliphatic heterocycles. The van der Waals surface area contributed by atoms with Crippen molar-refractivity contribution >= 4 is 33.5 Å². The minimum absolute atomic E-state index is 0.211. The fourth-order valence-electron chi connectivity index (χ4n) is 5.17. The van der Waals surface area contributed by atoms with Crippen LogP contribution in [0.25, 0.3) is 11.1 Å². The topological polar surface area (TPSA) is 70.1 Å². The average molecular weight is 563 g/mol. The van der Waals surface area contributed by atoms with Crippen molar-refractivity contribution in [2.75, 3.05) is 24.6 Å². The van der Waals surface area contributed by atoms with Crippen LogP contribution < -0.4 is 4.31 Å². The molecular weight excluding hydrogens is 516 g/mol. The SMILES string of the molecule is COCCN(Cc1ccc(-c2cc(CC(C)C)sc2N(S(=O)O)C(C)(C)C)cc1)C(=O)CC1CCCCC1. The maximum Gasteiger partial charge on any atom is 0.263 e. The Balaban J connectivity index is 1.84. The summed E-state index contributed by atoms with van der Waals surface area (Å²) in [6.07, 6.45) is 7.62. The number of thiophene rings is 1. The molecule has 0 spiro atoms. The maximum atomic E-state index is 13.2. The summed E-state index contributed by atoms with van der Waals surface area (Å²) in [6, 6.07) is 10.5. The Hall–Kier alpha value is -1.74. The van der Waals surface area contributed by atoms with Gasteiger partial charge in [0.1, 0.15) is 5.00 Å². The first kappa shape index (κ1) is 30.8. The zero-order valence-electron chi connectivity index (χ0n) is 24.0. The fourth-order valence-corrected chi connectivity index (χ4v) is 7.67. The van der Waals surface area contributed by atoms with E-state index in [4.69, 9.17) is 4.74 Å². The first-order valence-electron chi connectivity index (χ1n) is 13.9. The maximum absolute atomic E-state index is 13.2. The van der Waals surface area contributed by atoms with Gasteiger partial charge in [-0.05, 0) is 69.1 Å². The summed E-state index contributed by atoms with van der Waals surface area (Å²) in [6.45, 7) is 11.9. The molecule has 1 fully saturated rings. The number of anilines is 1. The lowest BCUT2D eigenvalue weighted by Gasteiger charge is -2.33. The monoisotopic (exact) mass is 562 g/mol. The summed E-state index contributed by atoms with van der Waals surface area (Å²) in [5.74, 6) is 1.20. The minimum Gasteiger partial charge on any atom is -0.383 e. The predicted octanol–water partition coefficient (Wildman–Crippen LogP) is 7.30. The second-order valence-electron chi connectivity index (χ2n) is 11.9. The van der Waals surface area contributed by atoms with Gasteiger partial charge in [-0.25, -0.2) is 4.21 Å². The molecule has 6 nitrogen and oxygen atoms in total. The van der Waals surface area contributed by atoms with Crippen molar-refractivity contribution < 1.29 is 18.3 Å². The molecule has 38 heavy (non-hydrogen) atoms. The van der Waals surface area contributed by atoms with Crippen molar-refractivity contribution in [1.82, 2.24) is 4.90 Å². The van der Waals surface area contributed by atoms with Crippen LogP contribution in [0, 0.1) is 11.8 Å². The van der Waals surface area contributed by atoms with Crippen molar-refractivity contribution in [1.29, 1.82) is 0 Å². The van der Waals surface area contributed by atoms with E-state index in [9.17, 15) is 13.6 Å². The van der Waals surface area contributed by atoms with E-state index in [0.29, 0.717) is 38.0 Å². The average Bonchev–Trinajstić information content (AvgIpc) is 3.23. The van der Waals surface area contributed by atoms with Crippen molar-refractivity contribution in [2.24, 2.45) is 11.8 Å². The van der Waals surface area contributed by atoms with E-state index in [1.807, 2.05) is 25.7 Å². The van der Waals surface area contributed by atoms with Crippen molar-refractivity contribution in [3.8, 4) is 11.1 Å². The molecule has 0 radical (unpaired) electrons. The van der Waals surface area contributed by atoms with Crippen LogP contribution in [0.4, 0.5) is 5.00 Å². The van der Waals surface area contributed by atoms with Gasteiger partial charge in [0.15, 0.2) is 0 Å². The van der Waals surface area contributed by atoms with Crippen LogP contribution in [0.1, 0.15) is 83.6 Å². The van der Waals surface area contributed by atoms with E-state index >= 15 is 0 Å². The summed E-state index contributed by atoms with van der Waals surface area (Å²) in [7, 11) is 1.67. The Morgan fingerprint density at radius 3 is 2.37 bits per heavy atom. The number of carbonyl (C=O) groups excluding carboxylic acids is 1. The molecule has 0 bridgehead atoms. The van der Waals surface area contributed by atoms with Crippen LogP contribution in [0.2, 0.25) is 0 Å². The van der Waals surface area contributed by atoms with Gasteiger partial charge in [-0.3, -0.25) is 13.7 Å². The first-order valence-corrected chi connectivity index (χ1v) is 15.8. The largest absolute Gasteiger partial charge is 0.383 e. The number of amides is 1. The molecule has 3 rings (SSSR count). The third-order valence-electron chi connectivity index (χ3n) is 7.07. The predicted molar refractivity (Wildman–Crippen MR) is 160 cm³/mol. The highest BCUT2D eigenvalue weighted by Gasteiger charge is 2.31. The molecule has 1 aliphatic rings. The highest BCUT2D eigenvalue weighted by atomic mass is 32.2. The second kappa shape index (κ2) is 14.1. The van der Waals surface area contributed by atoms with E-state index < -0.39 is 16.8 Å². The summed E-state index contributed by atoms with van der Waals surface area (Å²) >= 11 is -0.548. The zero-order valence-corrected chi connectivity index (χ0v) is 25.6. The molecule has 8 heteroatoms. The fraction of sp³-hybridized carbons (Fsp3) is 0.633. The van der Waals surface area contributed by atoms with Gasteiger partial charge in [0, 0.05) is 42.6 Å². The van der Waals surface area contributed by atoms with Gasteiger partial charge in [0.05, 0.1) is 6.61 Å². The molecule has 1 saturated carbocycles. The molecule has 1 N–H and O–H groups in total. The molecule has 212 valence electrons. The first-order chi connectivity index (χ1) is 18.0. The molecule has 1 aromatic heterocycles. The molecule has 1 aromatic carbocycles. The van der Waals surface area contributed by atoms with E-state index in [2.05, 4.69) is 44.2 Å². The molecule has 1 amide bonds. The zero-order chi connectivity index (χ0) is 27.9. The van der Waals surface area contributed by atoms with Crippen LogP contribution in [0.5, 0.6) is 0 Å². The number of hydrogen-bond acceptors (Lipinski definition) is 4. The standard InChI is InChI=1S/C30H46N2O4S2/c1-22(2)18-26-20-27(29(37-26)32(38(34)35)30(3,4)5)25-14-12-24(13-15-25)21-31(16-17-36-6)28(33)19-23-10-8-7-9-11-23/h12-15,20,22-23H,7-11,16-19,21H2,1-6H3,(H,34,35). The molecule has 1 aliphatic carbocycles. The van der Waals surface area contributed by atoms with E-state index in [0.717, 1.165) is 41.0 Å². The van der Waals surface area contributed by atoms with Gasteiger partial charge >= 0.3 is 0 Å². The number of rotatable bonds is 12. The third kappa shape index (κ3) is 8.63. The van der Waals surface area contributed by atoms with Crippen LogP contribution >= 0.6 is 11.3 Å². The molecule has 1 unspecified atom stereocenters. The van der Waals surface area contributed by atoms with Gasteiger partial charge in [-0.1, -0.05) is 57.4 Å². The van der Waals surface area contributed by atoms with Crippen LogP contribution in [-0.4, -0.2) is 45.4 Å². The lowest BCUT2D eigenvalue weighted by molar-refractivity contribution is -0.133.